The molecule has 78 valence electrons. The van der Waals surface area contributed by atoms with Gasteiger partial charge in [0.1, 0.15) is 0 Å². The quantitative estimate of drug-likeness (QED) is 0.773. The fourth-order valence-corrected chi connectivity index (χ4v) is 2.12. The highest BCUT2D eigenvalue weighted by Crippen LogP contribution is 2.30. The summed E-state index contributed by atoms with van der Waals surface area (Å²) in [4.78, 5) is 3.32. The number of H-pyrrole nitrogens is 1. The van der Waals surface area contributed by atoms with Gasteiger partial charge in [-0.25, -0.2) is 0 Å². The van der Waals surface area contributed by atoms with Crippen molar-refractivity contribution in [2.24, 2.45) is 5.92 Å². The number of hydrogen-bond acceptors (Lipinski definition) is 0. The molecule has 0 bridgehead atoms. The van der Waals surface area contributed by atoms with Gasteiger partial charge >= 0.3 is 0 Å². The van der Waals surface area contributed by atoms with Crippen LogP contribution in [0.5, 0.6) is 0 Å². The van der Waals surface area contributed by atoms with E-state index in [9.17, 15) is 0 Å². The van der Waals surface area contributed by atoms with Gasteiger partial charge in [0.25, 0.3) is 0 Å². The summed E-state index contributed by atoms with van der Waals surface area (Å²) in [6.07, 6.45) is 1.99. The van der Waals surface area contributed by atoms with Crippen molar-refractivity contribution in [3.63, 3.8) is 0 Å². The summed E-state index contributed by atoms with van der Waals surface area (Å²) < 4.78 is 0. The van der Waals surface area contributed by atoms with Gasteiger partial charge in [0.05, 0.1) is 0 Å². The van der Waals surface area contributed by atoms with Gasteiger partial charge in [-0.2, -0.15) is 0 Å². The first-order valence-corrected chi connectivity index (χ1v) is 5.47. The molecule has 1 aromatic carbocycles. The fraction of sp³-hybridized carbons (Fsp3) is 0.286. The average Bonchev–Trinajstić information content (AvgIpc) is 2.72. The van der Waals surface area contributed by atoms with Crippen molar-refractivity contribution in [1.29, 1.82) is 0 Å². The molecule has 0 saturated heterocycles. The third-order valence-electron chi connectivity index (χ3n) is 2.78. The molecule has 1 unspecified atom stereocenters. The van der Waals surface area contributed by atoms with Crippen LogP contribution in [0, 0.1) is 5.92 Å². The third kappa shape index (κ3) is 2.12. The molecular weight excluding hydrogens is 182 g/mol. The van der Waals surface area contributed by atoms with E-state index < -0.39 is 0 Å². The molecule has 0 aliphatic rings. The lowest BCUT2D eigenvalue weighted by Crippen LogP contribution is -2.08. The normalized spacial score (nSPS) is 13.0. The van der Waals surface area contributed by atoms with Crippen molar-refractivity contribution in [1.82, 2.24) is 4.98 Å². The predicted octanol–water partition coefficient (Wildman–Crippen LogP) is 3.80. The zero-order valence-corrected chi connectivity index (χ0v) is 9.27. The summed E-state index contributed by atoms with van der Waals surface area (Å²) in [5, 5.41) is 0. The number of benzene rings is 1. The summed E-state index contributed by atoms with van der Waals surface area (Å²) in [6, 6.07) is 14.9. The van der Waals surface area contributed by atoms with E-state index in [2.05, 4.69) is 61.3 Å². The van der Waals surface area contributed by atoms with Gasteiger partial charge in [-0.05, 0) is 23.6 Å². The summed E-state index contributed by atoms with van der Waals surface area (Å²) in [6.45, 7) is 4.52. The average molecular weight is 199 g/mol. The predicted molar refractivity (Wildman–Crippen MR) is 63.9 cm³/mol. The Morgan fingerprint density at radius 3 is 2.20 bits per heavy atom. The van der Waals surface area contributed by atoms with Crippen LogP contribution in [0.1, 0.15) is 31.0 Å². The lowest BCUT2D eigenvalue weighted by Gasteiger charge is -2.20. The summed E-state index contributed by atoms with van der Waals surface area (Å²) >= 11 is 0. The first-order valence-electron chi connectivity index (χ1n) is 5.47. The van der Waals surface area contributed by atoms with Crippen molar-refractivity contribution >= 4 is 0 Å². The number of hydrogen-bond donors (Lipinski definition) is 1. The molecule has 2 aromatic rings. The van der Waals surface area contributed by atoms with Crippen molar-refractivity contribution in [3.05, 3.63) is 59.9 Å². The Morgan fingerprint density at radius 2 is 1.67 bits per heavy atom. The van der Waals surface area contributed by atoms with E-state index in [1.165, 1.54) is 11.3 Å². The topological polar surface area (TPSA) is 15.8 Å². The third-order valence-corrected chi connectivity index (χ3v) is 2.78. The van der Waals surface area contributed by atoms with Crippen LogP contribution in [0.15, 0.2) is 48.7 Å². The molecule has 1 N–H and O–H groups in total. The molecule has 0 fully saturated rings. The number of aromatic nitrogens is 1. The van der Waals surface area contributed by atoms with Gasteiger partial charge in [0, 0.05) is 17.8 Å². The Hall–Kier alpha value is -1.50. The molecule has 0 aliphatic heterocycles. The highest BCUT2D eigenvalue weighted by atomic mass is 14.7. The number of nitrogens with one attached hydrogen (secondary N) is 1. The van der Waals surface area contributed by atoms with Crippen LogP contribution in [-0.4, -0.2) is 4.98 Å². The van der Waals surface area contributed by atoms with E-state index in [0.29, 0.717) is 11.8 Å². The molecular formula is C14H17N. The lowest BCUT2D eigenvalue weighted by atomic mass is 9.86. The maximum absolute atomic E-state index is 3.32. The van der Waals surface area contributed by atoms with E-state index >= 15 is 0 Å². The molecule has 1 nitrogen and oxygen atoms in total. The zero-order chi connectivity index (χ0) is 10.7. The Labute approximate surface area is 91.2 Å². The van der Waals surface area contributed by atoms with Gasteiger partial charge in [0.2, 0.25) is 0 Å². The minimum absolute atomic E-state index is 0.473. The van der Waals surface area contributed by atoms with Crippen LogP contribution >= 0.6 is 0 Å². The molecule has 0 radical (unpaired) electrons. The standard InChI is InChI=1S/C14H17N/c1-11(2)14(13-9-6-10-15-13)12-7-4-3-5-8-12/h3-11,14-15H,1-2H3. The van der Waals surface area contributed by atoms with E-state index in [1.807, 2.05) is 6.20 Å². The van der Waals surface area contributed by atoms with E-state index in [4.69, 9.17) is 0 Å². The molecule has 1 heterocycles. The monoisotopic (exact) mass is 199 g/mol. The van der Waals surface area contributed by atoms with E-state index in [-0.39, 0.29) is 0 Å². The van der Waals surface area contributed by atoms with E-state index in [1.54, 1.807) is 0 Å². The molecule has 1 heteroatoms. The van der Waals surface area contributed by atoms with Crippen molar-refractivity contribution in [3.8, 4) is 0 Å². The minimum Gasteiger partial charge on any atom is -0.364 e. The fourth-order valence-electron chi connectivity index (χ4n) is 2.12. The van der Waals surface area contributed by atoms with Crippen LogP contribution in [0.25, 0.3) is 0 Å². The lowest BCUT2D eigenvalue weighted by molar-refractivity contribution is 0.554. The van der Waals surface area contributed by atoms with Crippen LogP contribution in [-0.2, 0) is 0 Å². The second kappa shape index (κ2) is 4.35. The van der Waals surface area contributed by atoms with Crippen LogP contribution in [0.2, 0.25) is 0 Å². The molecule has 0 spiro atoms. The van der Waals surface area contributed by atoms with Gasteiger partial charge in [-0.1, -0.05) is 44.2 Å². The van der Waals surface area contributed by atoms with Crippen molar-refractivity contribution < 1.29 is 0 Å². The molecule has 0 saturated carbocycles. The van der Waals surface area contributed by atoms with Gasteiger partial charge in [-0.3, -0.25) is 0 Å². The minimum atomic E-state index is 0.473. The molecule has 0 amide bonds. The van der Waals surface area contributed by atoms with Gasteiger partial charge < -0.3 is 4.98 Å². The van der Waals surface area contributed by atoms with Gasteiger partial charge in [0.15, 0.2) is 0 Å². The highest BCUT2D eigenvalue weighted by molar-refractivity contribution is 5.29. The summed E-state index contributed by atoms with van der Waals surface area (Å²) in [7, 11) is 0. The first kappa shape index (κ1) is 10.0. The molecule has 15 heavy (non-hydrogen) atoms. The largest absolute Gasteiger partial charge is 0.364 e. The highest BCUT2D eigenvalue weighted by Gasteiger charge is 2.18. The van der Waals surface area contributed by atoms with E-state index in [0.717, 1.165) is 0 Å². The van der Waals surface area contributed by atoms with Crippen molar-refractivity contribution in [2.75, 3.05) is 0 Å². The smallest absolute Gasteiger partial charge is 0.0263 e. The van der Waals surface area contributed by atoms with Crippen LogP contribution in [0.4, 0.5) is 0 Å². The Kier molecular flexibility index (Phi) is 2.91. The first-order chi connectivity index (χ1) is 7.29. The summed E-state index contributed by atoms with van der Waals surface area (Å²) in [5.41, 5.74) is 2.69. The summed E-state index contributed by atoms with van der Waals surface area (Å²) in [5.74, 6) is 1.08. The van der Waals surface area contributed by atoms with Crippen LogP contribution < -0.4 is 0 Å². The maximum Gasteiger partial charge on any atom is 0.0263 e. The number of rotatable bonds is 3. The number of aromatic amines is 1. The Balaban J connectivity index is 2.37. The van der Waals surface area contributed by atoms with Crippen molar-refractivity contribution in [2.45, 2.75) is 19.8 Å². The molecule has 0 aliphatic carbocycles. The molecule has 2 rings (SSSR count). The Bertz CT molecular complexity index is 387. The maximum atomic E-state index is 3.32. The molecule has 1 aromatic heterocycles. The van der Waals surface area contributed by atoms with Gasteiger partial charge in [-0.15, -0.1) is 0 Å². The molecule has 1 atom stereocenters. The SMILES string of the molecule is CC(C)C(c1ccccc1)c1ccc[nH]1. The van der Waals surface area contributed by atoms with Crippen LogP contribution in [0.3, 0.4) is 0 Å². The second-order valence-electron chi connectivity index (χ2n) is 4.26. The second-order valence-corrected chi connectivity index (χ2v) is 4.26. The Morgan fingerprint density at radius 1 is 0.933 bits per heavy atom. The zero-order valence-electron chi connectivity index (χ0n) is 9.27.